The molecule has 0 saturated carbocycles. The Labute approximate surface area is 104 Å². The first-order valence-electron chi connectivity index (χ1n) is 5.67. The van der Waals surface area contributed by atoms with Gasteiger partial charge in [-0.2, -0.15) is 4.31 Å². The van der Waals surface area contributed by atoms with E-state index in [9.17, 15) is 17.2 Å². The highest BCUT2D eigenvalue weighted by atomic mass is 32.2. The van der Waals surface area contributed by atoms with Crippen molar-refractivity contribution in [1.29, 1.82) is 0 Å². The Morgan fingerprint density at radius 2 is 1.72 bits per heavy atom. The predicted octanol–water partition coefficient (Wildman–Crippen LogP) is 1.72. The van der Waals surface area contributed by atoms with E-state index in [1.165, 1.54) is 4.31 Å². The molecule has 0 bridgehead atoms. The van der Waals surface area contributed by atoms with Gasteiger partial charge in [-0.1, -0.05) is 6.42 Å². The maximum atomic E-state index is 13.6. The molecule has 4 nitrogen and oxygen atoms in total. The second-order valence-corrected chi connectivity index (χ2v) is 6.19. The summed E-state index contributed by atoms with van der Waals surface area (Å²) in [5.41, 5.74) is 5.26. The first kappa shape index (κ1) is 13.2. The van der Waals surface area contributed by atoms with E-state index in [1.807, 2.05) is 0 Å². The fourth-order valence-corrected chi connectivity index (χ4v) is 3.64. The number of nitrogen functional groups attached to an aromatic ring is 1. The van der Waals surface area contributed by atoms with Gasteiger partial charge >= 0.3 is 0 Å². The fourth-order valence-electron chi connectivity index (χ4n) is 2.02. The van der Waals surface area contributed by atoms with Gasteiger partial charge in [0.1, 0.15) is 4.90 Å². The standard InChI is InChI=1S/C11H14F2N2O2S/c12-9-6-8(14)7-10(11(9)13)18(16,17)15-4-2-1-3-5-15/h6-7H,1-5,14H2. The molecule has 0 spiro atoms. The average molecular weight is 276 g/mol. The van der Waals surface area contributed by atoms with E-state index < -0.39 is 26.6 Å². The molecule has 2 N–H and O–H groups in total. The Hall–Kier alpha value is -1.21. The van der Waals surface area contributed by atoms with E-state index in [2.05, 4.69) is 0 Å². The van der Waals surface area contributed by atoms with Gasteiger partial charge in [-0.15, -0.1) is 0 Å². The smallest absolute Gasteiger partial charge is 0.246 e. The van der Waals surface area contributed by atoms with Crippen LogP contribution in [0, 0.1) is 11.6 Å². The number of halogens is 2. The van der Waals surface area contributed by atoms with Crippen LogP contribution < -0.4 is 5.73 Å². The van der Waals surface area contributed by atoms with Gasteiger partial charge in [-0.3, -0.25) is 0 Å². The Morgan fingerprint density at radius 3 is 2.33 bits per heavy atom. The minimum Gasteiger partial charge on any atom is -0.399 e. The van der Waals surface area contributed by atoms with Gasteiger partial charge in [0.25, 0.3) is 0 Å². The maximum absolute atomic E-state index is 13.6. The van der Waals surface area contributed by atoms with E-state index >= 15 is 0 Å². The zero-order valence-electron chi connectivity index (χ0n) is 9.70. The van der Waals surface area contributed by atoms with Crippen LogP contribution in [-0.2, 0) is 10.0 Å². The third-order valence-electron chi connectivity index (χ3n) is 2.95. The highest BCUT2D eigenvalue weighted by Gasteiger charge is 2.30. The Bertz CT molecular complexity index is 554. The van der Waals surface area contributed by atoms with Crippen LogP contribution in [0.3, 0.4) is 0 Å². The molecular formula is C11H14F2N2O2S. The zero-order valence-corrected chi connectivity index (χ0v) is 10.5. The van der Waals surface area contributed by atoms with Crippen molar-refractivity contribution in [3.63, 3.8) is 0 Å². The summed E-state index contributed by atoms with van der Waals surface area (Å²) < 4.78 is 52.3. The number of piperidine rings is 1. The van der Waals surface area contributed by atoms with E-state index in [0.29, 0.717) is 13.1 Å². The van der Waals surface area contributed by atoms with Crippen LogP contribution in [0.5, 0.6) is 0 Å². The van der Waals surface area contributed by atoms with Crippen molar-refractivity contribution in [3.05, 3.63) is 23.8 Å². The Morgan fingerprint density at radius 1 is 1.11 bits per heavy atom. The maximum Gasteiger partial charge on any atom is 0.246 e. The molecule has 0 aromatic heterocycles. The van der Waals surface area contributed by atoms with Crippen LogP contribution in [0.4, 0.5) is 14.5 Å². The summed E-state index contributed by atoms with van der Waals surface area (Å²) in [6.07, 6.45) is 2.40. The molecule has 7 heteroatoms. The molecule has 0 unspecified atom stereocenters. The normalized spacial score (nSPS) is 17.9. The minimum absolute atomic E-state index is 0.107. The van der Waals surface area contributed by atoms with E-state index in [1.54, 1.807) is 0 Å². The van der Waals surface area contributed by atoms with Crippen LogP contribution in [0.2, 0.25) is 0 Å². The average Bonchev–Trinajstić information content (AvgIpc) is 2.34. The van der Waals surface area contributed by atoms with Crippen LogP contribution in [-0.4, -0.2) is 25.8 Å². The molecule has 1 aliphatic heterocycles. The summed E-state index contributed by atoms with van der Waals surface area (Å²) in [7, 11) is -4.00. The van der Waals surface area contributed by atoms with Crippen LogP contribution in [0.25, 0.3) is 0 Å². The van der Waals surface area contributed by atoms with Crippen molar-refractivity contribution in [2.24, 2.45) is 0 Å². The molecule has 0 atom stereocenters. The quantitative estimate of drug-likeness (QED) is 0.837. The largest absolute Gasteiger partial charge is 0.399 e. The lowest BCUT2D eigenvalue weighted by molar-refractivity contribution is 0.344. The molecule has 2 rings (SSSR count). The topological polar surface area (TPSA) is 63.4 Å². The monoisotopic (exact) mass is 276 g/mol. The van der Waals surface area contributed by atoms with Crippen molar-refractivity contribution in [2.45, 2.75) is 24.2 Å². The van der Waals surface area contributed by atoms with Crippen molar-refractivity contribution in [2.75, 3.05) is 18.8 Å². The first-order chi connectivity index (χ1) is 8.43. The molecule has 100 valence electrons. The molecule has 0 radical (unpaired) electrons. The van der Waals surface area contributed by atoms with E-state index in [0.717, 1.165) is 31.4 Å². The summed E-state index contributed by atoms with van der Waals surface area (Å²) in [6.45, 7) is 0.663. The molecule has 18 heavy (non-hydrogen) atoms. The van der Waals surface area contributed by atoms with E-state index in [-0.39, 0.29) is 5.69 Å². The third-order valence-corrected chi connectivity index (χ3v) is 4.85. The van der Waals surface area contributed by atoms with Crippen LogP contribution >= 0.6 is 0 Å². The lowest BCUT2D eigenvalue weighted by atomic mass is 10.2. The number of sulfonamides is 1. The van der Waals surface area contributed by atoms with Crippen molar-refractivity contribution >= 4 is 15.7 Å². The summed E-state index contributed by atoms with van der Waals surface area (Å²) in [5.74, 6) is -2.61. The molecular weight excluding hydrogens is 262 g/mol. The minimum atomic E-state index is -4.00. The van der Waals surface area contributed by atoms with Gasteiger partial charge in [0, 0.05) is 18.8 Å². The number of rotatable bonds is 2. The highest BCUT2D eigenvalue weighted by molar-refractivity contribution is 7.89. The second kappa shape index (κ2) is 4.81. The SMILES string of the molecule is Nc1cc(F)c(F)c(S(=O)(=O)N2CCCCC2)c1. The number of hydrogen-bond donors (Lipinski definition) is 1. The zero-order chi connectivity index (χ0) is 13.3. The summed E-state index contributed by atoms with van der Waals surface area (Å²) >= 11 is 0. The van der Waals surface area contributed by atoms with E-state index in [4.69, 9.17) is 5.73 Å². The number of benzene rings is 1. The molecule has 0 aliphatic carbocycles. The van der Waals surface area contributed by atoms with Gasteiger partial charge in [-0.05, 0) is 25.0 Å². The number of nitrogens with zero attached hydrogens (tertiary/aromatic N) is 1. The van der Waals surface area contributed by atoms with Crippen LogP contribution in [0.1, 0.15) is 19.3 Å². The molecule has 0 amide bonds. The number of nitrogens with two attached hydrogens (primary N) is 1. The van der Waals surface area contributed by atoms with Crippen molar-refractivity contribution in [1.82, 2.24) is 4.31 Å². The predicted molar refractivity (Wildman–Crippen MR) is 63.4 cm³/mol. The van der Waals surface area contributed by atoms with Crippen molar-refractivity contribution in [3.8, 4) is 0 Å². The molecule has 1 aromatic rings. The summed E-state index contributed by atoms with van der Waals surface area (Å²) in [5, 5.41) is 0. The van der Waals surface area contributed by atoms with Gasteiger partial charge in [0.2, 0.25) is 10.0 Å². The summed E-state index contributed by atoms with van der Waals surface area (Å²) in [4.78, 5) is -0.679. The van der Waals surface area contributed by atoms with Gasteiger partial charge in [0.05, 0.1) is 0 Å². The second-order valence-electron chi connectivity index (χ2n) is 4.28. The molecule has 1 aromatic carbocycles. The van der Waals surface area contributed by atoms with Gasteiger partial charge in [0.15, 0.2) is 11.6 Å². The third kappa shape index (κ3) is 2.32. The molecule has 1 heterocycles. The Balaban J connectivity index is 2.46. The molecule has 1 aliphatic rings. The lowest BCUT2D eigenvalue weighted by Gasteiger charge is -2.26. The molecule has 1 fully saturated rings. The molecule has 1 saturated heterocycles. The lowest BCUT2D eigenvalue weighted by Crippen LogP contribution is -2.36. The fraction of sp³-hybridized carbons (Fsp3) is 0.455. The van der Waals surface area contributed by atoms with Gasteiger partial charge in [-0.25, -0.2) is 17.2 Å². The number of anilines is 1. The van der Waals surface area contributed by atoms with Crippen LogP contribution in [0.15, 0.2) is 17.0 Å². The first-order valence-corrected chi connectivity index (χ1v) is 7.11. The van der Waals surface area contributed by atoms with Crippen molar-refractivity contribution < 1.29 is 17.2 Å². The highest BCUT2D eigenvalue weighted by Crippen LogP contribution is 2.26. The van der Waals surface area contributed by atoms with Gasteiger partial charge < -0.3 is 5.73 Å². The Kier molecular flexibility index (Phi) is 3.54. The summed E-state index contributed by atoms with van der Waals surface area (Å²) in [6, 6.07) is 1.73. The number of hydrogen-bond acceptors (Lipinski definition) is 3.